The van der Waals surface area contributed by atoms with E-state index in [9.17, 15) is 0 Å². The van der Waals surface area contributed by atoms with Crippen molar-refractivity contribution in [1.29, 1.82) is 0 Å². The van der Waals surface area contributed by atoms with E-state index in [2.05, 4.69) is 41.7 Å². The molecule has 0 aliphatic carbocycles. The third-order valence-electron chi connectivity index (χ3n) is 2.68. The largest absolute Gasteiger partial charge is 0.304 e. The fraction of sp³-hybridized carbons (Fsp3) is 0.462. The second kappa shape index (κ2) is 5.76. The molecule has 0 saturated carbocycles. The summed E-state index contributed by atoms with van der Waals surface area (Å²) in [6, 6.07) is 4.77. The highest BCUT2D eigenvalue weighted by atomic mass is 32.1. The summed E-state index contributed by atoms with van der Waals surface area (Å²) in [5, 5.41) is 6.91. The summed E-state index contributed by atoms with van der Waals surface area (Å²) in [4.78, 5) is 7.01. The number of nitrogens with one attached hydrogen (secondary N) is 1. The fourth-order valence-electron chi connectivity index (χ4n) is 1.83. The molecule has 0 aliphatic rings. The number of thiophene rings is 1. The molecule has 1 atom stereocenters. The van der Waals surface area contributed by atoms with E-state index in [1.807, 2.05) is 24.5 Å². The molecule has 4 heteroatoms. The molecule has 0 spiro atoms. The normalized spacial score (nSPS) is 13.2. The van der Waals surface area contributed by atoms with Gasteiger partial charge in [0, 0.05) is 28.5 Å². The standard InChI is InChI=1S/C13H18N2S2/c1-9(2)13(12-5-4-6-16-12)15-8-11-7-14-10(3)17-11/h4-7,9,13,15H,8H2,1-3H3. The van der Waals surface area contributed by atoms with Gasteiger partial charge in [-0.1, -0.05) is 19.9 Å². The summed E-state index contributed by atoms with van der Waals surface area (Å²) in [5.74, 6) is 0.600. The van der Waals surface area contributed by atoms with Crippen LogP contribution in [0.15, 0.2) is 23.7 Å². The first kappa shape index (κ1) is 12.7. The summed E-state index contributed by atoms with van der Waals surface area (Å²) in [7, 11) is 0. The van der Waals surface area contributed by atoms with Gasteiger partial charge >= 0.3 is 0 Å². The molecule has 2 aromatic rings. The Morgan fingerprint density at radius 2 is 2.24 bits per heavy atom. The Kier molecular flexibility index (Phi) is 4.31. The van der Waals surface area contributed by atoms with E-state index in [4.69, 9.17) is 0 Å². The van der Waals surface area contributed by atoms with Crippen LogP contribution >= 0.6 is 22.7 Å². The van der Waals surface area contributed by atoms with E-state index in [1.54, 1.807) is 11.3 Å². The zero-order valence-electron chi connectivity index (χ0n) is 10.4. The highest BCUT2D eigenvalue weighted by Gasteiger charge is 2.16. The van der Waals surface area contributed by atoms with Gasteiger partial charge in [-0.2, -0.15) is 0 Å². The number of nitrogens with zero attached hydrogens (tertiary/aromatic N) is 1. The van der Waals surface area contributed by atoms with Crippen LogP contribution in [-0.4, -0.2) is 4.98 Å². The molecule has 2 aromatic heterocycles. The minimum absolute atomic E-state index is 0.442. The maximum absolute atomic E-state index is 4.28. The maximum Gasteiger partial charge on any atom is 0.0897 e. The van der Waals surface area contributed by atoms with Gasteiger partial charge in [0.2, 0.25) is 0 Å². The first-order chi connectivity index (χ1) is 8.16. The molecule has 2 nitrogen and oxygen atoms in total. The average Bonchev–Trinajstić information content (AvgIpc) is 2.90. The number of aryl methyl sites for hydroxylation is 1. The first-order valence-electron chi connectivity index (χ1n) is 5.85. The van der Waals surface area contributed by atoms with Crippen LogP contribution in [0.4, 0.5) is 0 Å². The van der Waals surface area contributed by atoms with Crippen LogP contribution in [0.1, 0.15) is 34.7 Å². The van der Waals surface area contributed by atoms with Gasteiger partial charge in [-0.3, -0.25) is 0 Å². The van der Waals surface area contributed by atoms with Crippen molar-refractivity contribution >= 4 is 22.7 Å². The quantitative estimate of drug-likeness (QED) is 0.885. The second-order valence-electron chi connectivity index (χ2n) is 4.46. The van der Waals surface area contributed by atoms with Crippen molar-refractivity contribution < 1.29 is 0 Å². The smallest absolute Gasteiger partial charge is 0.0897 e. The summed E-state index contributed by atoms with van der Waals surface area (Å²) in [6.07, 6.45) is 1.97. The van der Waals surface area contributed by atoms with Crippen LogP contribution in [0.25, 0.3) is 0 Å². The monoisotopic (exact) mass is 266 g/mol. The van der Waals surface area contributed by atoms with E-state index in [-0.39, 0.29) is 0 Å². The van der Waals surface area contributed by atoms with Crippen molar-refractivity contribution in [2.45, 2.75) is 33.4 Å². The molecule has 0 aromatic carbocycles. The van der Waals surface area contributed by atoms with E-state index in [1.165, 1.54) is 9.75 Å². The van der Waals surface area contributed by atoms with Crippen LogP contribution in [-0.2, 0) is 6.54 Å². The number of hydrogen-bond acceptors (Lipinski definition) is 4. The fourth-order valence-corrected chi connectivity index (χ4v) is 3.55. The Morgan fingerprint density at radius 1 is 1.41 bits per heavy atom. The maximum atomic E-state index is 4.28. The van der Waals surface area contributed by atoms with Crippen LogP contribution in [0.5, 0.6) is 0 Å². The molecule has 0 aliphatic heterocycles. The van der Waals surface area contributed by atoms with Gasteiger partial charge in [-0.25, -0.2) is 4.98 Å². The summed E-state index contributed by atoms with van der Waals surface area (Å²) < 4.78 is 0. The van der Waals surface area contributed by atoms with E-state index in [0.29, 0.717) is 12.0 Å². The van der Waals surface area contributed by atoms with Crippen molar-refractivity contribution in [3.63, 3.8) is 0 Å². The predicted octanol–water partition coefficient (Wildman–Crippen LogP) is 4.00. The molecule has 0 bridgehead atoms. The predicted molar refractivity (Wildman–Crippen MR) is 75.6 cm³/mol. The van der Waals surface area contributed by atoms with Gasteiger partial charge in [-0.15, -0.1) is 22.7 Å². The second-order valence-corrected chi connectivity index (χ2v) is 6.76. The minimum Gasteiger partial charge on any atom is -0.304 e. The lowest BCUT2D eigenvalue weighted by Crippen LogP contribution is -2.24. The minimum atomic E-state index is 0.442. The zero-order valence-corrected chi connectivity index (χ0v) is 12.1. The highest BCUT2D eigenvalue weighted by Crippen LogP contribution is 2.26. The third kappa shape index (κ3) is 3.37. The van der Waals surface area contributed by atoms with Crippen molar-refractivity contribution in [1.82, 2.24) is 10.3 Å². The van der Waals surface area contributed by atoms with E-state index < -0.39 is 0 Å². The molecule has 2 rings (SSSR count). The van der Waals surface area contributed by atoms with Crippen molar-refractivity contribution in [3.05, 3.63) is 38.5 Å². The zero-order chi connectivity index (χ0) is 12.3. The average molecular weight is 266 g/mol. The van der Waals surface area contributed by atoms with Gasteiger partial charge in [0.25, 0.3) is 0 Å². The van der Waals surface area contributed by atoms with Crippen LogP contribution in [0, 0.1) is 12.8 Å². The Labute approximate surface area is 111 Å². The van der Waals surface area contributed by atoms with Gasteiger partial charge in [-0.05, 0) is 24.3 Å². The lowest BCUT2D eigenvalue weighted by molar-refractivity contribution is 0.418. The number of rotatable bonds is 5. The summed E-state index contributed by atoms with van der Waals surface area (Å²) in [5.41, 5.74) is 0. The Bertz CT molecular complexity index is 446. The lowest BCUT2D eigenvalue weighted by Gasteiger charge is -2.20. The molecule has 2 heterocycles. The summed E-state index contributed by atoms with van der Waals surface area (Å²) in [6.45, 7) is 7.48. The molecule has 0 radical (unpaired) electrons. The molecule has 1 unspecified atom stereocenters. The highest BCUT2D eigenvalue weighted by molar-refractivity contribution is 7.11. The van der Waals surface area contributed by atoms with Crippen molar-refractivity contribution in [2.75, 3.05) is 0 Å². The number of aromatic nitrogens is 1. The molecular formula is C13H18N2S2. The third-order valence-corrected chi connectivity index (χ3v) is 4.55. The molecule has 0 saturated heterocycles. The number of hydrogen-bond donors (Lipinski definition) is 1. The SMILES string of the molecule is Cc1ncc(CNC(c2cccs2)C(C)C)s1. The molecule has 0 amide bonds. The van der Waals surface area contributed by atoms with Gasteiger partial charge in [0.05, 0.1) is 5.01 Å². The van der Waals surface area contributed by atoms with Crippen molar-refractivity contribution in [2.24, 2.45) is 5.92 Å². The van der Waals surface area contributed by atoms with Crippen LogP contribution in [0.2, 0.25) is 0 Å². The summed E-state index contributed by atoms with van der Waals surface area (Å²) >= 11 is 3.59. The van der Waals surface area contributed by atoms with Gasteiger partial charge in [0.1, 0.15) is 0 Å². The van der Waals surface area contributed by atoms with Crippen LogP contribution < -0.4 is 5.32 Å². The first-order valence-corrected chi connectivity index (χ1v) is 7.54. The Morgan fingerprint density at radius 3 is 2.76 bits per heavy atom. The molecule has 0 fully saturated rings. The van der Waals surface area contributed by atoms with E-state index >= 15 is 0 Å². The Hall–Kier alpha value is -0.710. The van der Waals surface area contributed by atoms with Gasteiger partial charge in [0.15, 0.2) is 0 Å². The lowest BCUT2D eigenvalue weighted by atomic mass is 10.0. The Balaban J connectivity index is 1.99. The number of thiazole rings is 1. The van der Waals surface area contributed by atoms with Crippen LogP contribution in [0.3, 0.4) is 0 Å². The van der Waals surface area contributed by atoms with Crippen molar-refractivity contribution in [3.8, 4) is 0 Å². The molecule has 17 heavy (non-hydrogen) atoms. The van der Waals surface area contributed by atoms with E-state index in [0.717, 1.165) is 11.6 Å². The molecule has 1 N–H and O–H groups in total. The van der Waals surface area contributed by atoms with Gasteiger partial charge < -0.3 is 5.32 Å². The molecule has 92 valence electrons. The topological polar surface area (TPSA) is 24.9 Å². The molecular weight excluding hydrogens is 248 g/mol.